The summed E-state index contributed by atoms with van der Waals surface area (Å²) in [6.45, 7) is 5.59. The van der Waals surface area contributed by atoms with E-state index in [1.807, 2.05) is 24.3 Å². The predicted molar refractivity (Wildman–Crippen MR) is 224 cm³/mol. The lowest BCUT2D eigenvalue weighted by Crippen LogP contribution is -2.44. The van der Waals surface area contributed by atoms with Crippen LogP contribution in [0.25, 0.3) is 5.52 Å². The van der Waals surface area contributed by atoms with Crippen LogP contribution in [0.3, 0.4) is 0 Å². The first-order chi connectivity index (χ1) is 28.1. The number of aliphatic hydroxyl groups excluding tert-OH is 2. The Morgan fingerprint density at radius 3 is 2.24 bits per heavy atom. The molecule has 2 aromatic heterocycles. The van der Waals surface area contributed by atoms with Gasteiger partial charge in [0.15, 0.2) is 11.4 Å². The molecule has 3 heterocycles. The number of nitrogens with zero attached hydrogens (tertiary/aromatic N) is 4. The Hall–Kier alpha value is -2.98. The number of phosphoric ester groups is 1. The van der Waals surface area contributed by atoms with E-state index in [4.69, 9.17) is 33.7 Å². The van der Waals surface area contributed by atoms with Gasteiger partial charge in [-0.05, 0) is 43.0 Å². The molecule has 1 aliphatic rings. The molecule has 0 aliphatic carbocycles. The first-order valence-electron chi connectivity index (χ1n) is 21.1. The molecule has 16 heteroatoms. The molecule has 0 radical (unpaired) electrons. The van der Waals surface area contributed by atoms with Crippen LogP contribution in [0.1, 0.15) is 121 Å². The highest BCUT2D eigenvalue weighted by molar-refractivity contribution is 7.47. The summed E-state index contributed by atoms with van der Waals surface area (Å²) in [7, 11) is -3.12. The third-order valence-corrected chi connectivity index (χ3v) is 11.6. The van der Waals surface area contributed by atoms with Crippen molar-refractivity contribution in [2.75, 3.05) is 45.8 Å². The van der Waals surface area contributed by atoms with Crippen LogP contribution in [0.15, 0.2) is 47.7 Å². The molecule has 3 aromatic rings. The Morgan fingerprint density at radius 1 is 0.948 bits per heavy atom. The van der Waals surface area contributed by atoms with E-state index in [2.05, 4.69) is 28.7 Å². The molecule has 4 rings (SSSR count). The van der Waals surface area contributed by atoms with Crippen molar-refractivity contribution in [1.29, 1.82) is 0 Å². The van der Waals surface area contributed by atoms with E-state index in [1.54, 1.807) is 19.2 Å². The number of fused-ring (bicyclic) bond motifs is 1. The van der Waals surface area contributed by atoms with Gasteiger partial charge in [0.25, 0.3) is 0 Å². The summed E-state index contributed by atoms with van der Waals surface area (Å²) in [5, 5.41) is 26.5. The molecule has 1 aliphatic heterocycles. The average molecular weight is 834 g/mol. The van der Waals surface area contributed by atoms with Gasteiger partial charge in [0, 0.05) is 6.61 Å². The number of aliphatic hydroxyl groups is 2. The van der Waals surface area contributed by atoms with Crippen LogP contribution in [0.5, 0.6) is 5.75 Å². The van der Waals surface area contributed by atoms with Crippen molar-refractivity contribution in [3.05, 3.63) is 54.0 Å². The van der Waals surface area contributed by atoms with E-state index in [1.165, 1.54) is 94.3 Å². The fraction of sp³-hybridized carbons (Fsp3) is 0.690. The van der Waals surface area contributed by atoms with Crippen molar-refractivity contribution in [2.24, 2.45) is 4.99 Å². The minimum atomic E-state index is -4.70. The molecule has 15 nitrogen and oxygen atoms in total. The number of aromatic nitrogens is 3. The Bertz CT molecular complexity index is 1670. The second-order valence-corrected chi connectivity index (χ2v) is 16.7. The Balaban J connectivity index is 1.20. The maximum absolute atomic E-state index is 13.1. The summed E-state index contributed by atoms with van der Waals surface area (Å²) in [5.74, 6) is 0.879. The lowest BCUT2D eigenvalue weighted by atomic mass is 9.91. The number of methoxy groups -OCH3 is 1. The number of nitrogen functional groups attached to an aromatic ring is 1. The highest BCUT2D eigenvalue weighted by Crippen LogP contribution is 2.46. The van der Waals surface area contributed by atoms with Crippen LogP contribution in [0.2, 0.25) is 0 Å². The summed E-state index contributed by atoms with van der Waals surface area (Å²) < 4.78 is 48.7. The molecule has 1 fully saturated rings. The molecular formula is C42H68N5O10P. The zero-order chi connectivity index (χ0) is 41.6. The molecule has 0 amide bonds. The summed E-state index contributed by atoms with van der Waals surface area (Å²) in [6.07, 6.45) is 16.9. The Labute approximate surface area is 344 Å². The number of anilines is 1. The number of nitrogens with two attached hydrogens (primary N) is 1. The topological polar surface area (TPSA) is 202 Å². The molecule has 0 saturated carbocycles. The fourth-order valence-electron chi connectivity index (χ4n) is 7.35. The van der Waals surface area contributed by atoms with Gasteiger partial charge in [-0.25, -0.2) is 14.1 Å². The lowest BCUT2D eigenvalue weighted by Gasteiger charge is -2.30. The SMILES string of the molecule is C=NC[C@@]1(c2ccc3c(N)ncnn23)O[C@H](COP(=O)(O)OC[C@@H](COCCCCCCCCCCCCCCCCCC)OCc2cccc(OC)c2)[C@@H](O)[C@H]1O. The second kappa shape index (κ2) is 25.6. The highest BCUT2D eigenvalue weighted by Gasteiger charge is 2.57. The molecule has 1 unspecified atom stereocenters. The van der Waals surface area contributed by atoms with Gasteiger partial charge in [-0.3, -0.25) is 14.0 Å². The van der Waals surface area contributed by atoms with E-state index < -0.39 is 44.4 Å². The second-order valence-electron chi connectivity index (χ2n) is 15.2. The van der Waals surface area contributed by atoms with Gasteiger partial charge in [0.2, 0.25) is 0 Å². The van der Waals surface area contributed by atoms with Crippen molar-refractivity contribution in [3.8, 4) is 5.75 Å². The molecule has 326 valence electrons. The van der Waals surface area contributed by atoms with E-state index >= 15 is 0 Å². The number of phosphoric acid groups is 1. The average Bonchev–Trinajstić information content (AvgIpc) is 3.77. The van der Waals surface area contributed by atoms with Gasteiger partial charge < -0.3 is 39.8 Å². The molecule has 0 spiro atoms. The molecular weight excluding hydrogens is 765 g/mol. The smallest absolute Gasteiger partial charge is 0.472 e. The fourth-order valence-corrected chi connectivity index (χ4v) is 8.12. The van der Waals surface area contributed by atoms with Crippen molar-refractivity contribution >= 4 is 25.9 Å². The molecule has 0 bridgehead atoms. The quantitative estimate of drug-likeness (QED) is 0.0277. The first-order valence-corrected chi connectivity index (χ1v) is 22.6. The lowest BCUT2D eigenvalue weighted by molar-refractivity contribution is -0.0953. The summed E-state index contributed by atoms with van der Waals surface area (Å²) >= 11 is 0. The van der Waals surface area contributed by atoms with Gasteiger partial charge in [-0.15, -0.1) is 0 Å². The molecule has 1 aromatic carbocycles. The minimum absolute atomic E-state index is 0.135. The number of benzene rings is 1. The van der Waals surface area contributed by atoms with Gasteiger partial charge in [0.05, 0.1) is 45.8 Å². The third-order valence-electron chi connectivity index (χ3n) is 10.7. The molecule has 6 atom stereocenters. The van der Waals surface area contributed by atoms with Crippen molar-refractivity contribution in [1.82, 2.24) is 14.6 Å². The number of rotatable bonds is 32. The van der Waals surface area contributed by atoms with Crippen LogP contribution >= 0.6 is 7.82 Å². The van der Waals surface area contributed by atoms with Gasteiger partial charge in [-0.1, -0.05) is 115 Å². The first kappa shape index (κ1) is 47.7. The van der Waals surface area contributed by atoms with E-state index in [9.17, 15) is 19.7 Å². The maximum atomic E-state index is 13.1. The number of aliphatic imine (C=N–C) groups is 1. The van der Waals surface area contributed by atoms with E-state index in [0.717, 1.165) is 24.8 Å². The van der Waals surface area contributed by atoms with Crippen LogP contribution in [0.4, 0.5) is 5.82 Å². The van der Waals surface area contributed by atoms with E-state index in [-0.39, 0.29) is 32.2 Å². The van der Waals surface area contributed by atoms with Crippen molar-refractivity contribution in [2.45, 2.75) is 146 Å². The molecule has 5 N–H and O–H groups in total. The van der Waals surface area contributed by atoms with Crippen molar-refractivity contribution in [3.63, 3.8) is 0 Å². The van der Waals surface area contributed by atoms with Crippen LogP contribution < -0.4 is 10.5 Å². The van der Waals surface area contributed by atoms with Gasteiger partial charge >= 0.3 is 7.82 Å². The zero-order valence-electron chi connectivity index (χ0n) is 34.6. The minimum Gasteiger partial charge on any atom is -0.497 e. The normalized spacial score (nSPS) is 21.0. The number of hydrogen-bond donors (Lipinski definition) is 4. The Kier molecular flexibility index (Phi) is 21.1. The summed E-state index contributed by atoms with van der Waals surface area (Å²) in [6, 6.07) is 10.7. The maximum Gasteiger partial charge on any atom is 0.472 e. The standard InChI is InChI=1S/C42H68N5O10P/c1-4-5-6-7-8-9-10-11-12-13-14-15-16-17-18-19-25-53-28-35(54-27-33-21-20-22-34(26-33)52-3)29-55-58(50,51)56-30-37-39(48)40(49)42(57-37,31-44-2)38-24-23-36-41(43)45-32-46-47(36)38/h20-24,26,32,35,37,39-40,48-49H,2,4-19,25,27-31H2,1,3H3,(H,50,51)(H2,43,45,46)/t35-,37-,39-,40-,42+/m1/s1. The molecule has 58 heavy (non-hydrogen) atoms. The summed E-state index contributed by atoms with van der Waals surface area (Å²) in [4.78, 5) is 18.6. The monoisotopic (exact) mass is 833 g/mol. The third kappa shape index (κ3) is 14.9. The molecule has 1 saturated heterocycles. The van der Waals surface area contributed by atoms with Gasteiger partial charge in [0.1, 0.15) is 42.0 Å². The van der Waals surface area contributed by atoms with Gasteiger partial charge in [-0.2, -0.15) is 5.10 Å². The summed E-state index contributed by atoms with van der Waals surface area (Å²) in [5.41, 5.74) is 6.01. The number of hydrogen-bond acceptors (Lipinski definition) is 13. The number of unbranched alkanes of at least 4 members (excludes halogenated alkanes) is 15. The number of ether oxygens (including phenoxy) is 4. The van der Waals surface area contributed by atoms with Crippen LogP contribution in [-0.2, 0) is 40.0 Å². The highest BCUT2D eigenvalue weighted by atomic mass is 31.2. The van der Waals surface area contributed by atoms with Crippen LogP contribution in [0, 0.1) is 0 Å². The van der Waals surface area contributed by atoms with Crippen molar-refractivity contribution < 1.29 is 47.7 Å². The van der Waals surface area contributed by atoms with Crippen LogP contribution in [-0.4, -0.2) is 101 Å². The van der Waals surface area contributed by atoms with E-state index in [0.29, 0.717) is 23.6 Å². The Morgan fingerprint density at radius 2 is 1.60 bits per heavy atom. The zero-order valence-corrected chi connectivity index (χ0v) is 35.5. The predicted octanol–water partition coefficient (Wildman–Crippen LogP) is 7.33. The largest absolute Gasteiger partial charge is 0.497 e.